The van der Waals surface area contributed by atoms with E-state index in [1.165, 1.54) is 0 Å². The monoisotopic (exact) mass is 249 g/mol. The number of nitrogens with zero attached hydrogens (tertiary/aromatic N) is 1. The van der Waals surface area contributed by atoms with Crippen molar-refractivity contribution in [3.63, 3.8) is 0 Å². The molecule has 1 aromatic carbocycles. The molecule has 0 saturated heterocycles. The zero-order valence-electron chi connectivity index (χ0n) is 11.2. The Balaban J connectivity index is 2.62. The van der Waals surface area contributed by atoms with E-state index in [0.29, 0.717) is 5.92 Å². The highest BCUT2D eigenvalue weighted by Gasteiger charge is 2.13. The Labute approximate surface area is 109 Å². The van der Waals surface area contributed by atoms with Gasteiger partial charge in [-0.05, 0) is 37.7 Å². The third-order valence-corrected chi connectivity index (χ3v) is 3.28. The lowest BCUT2D eigenvalue weighted by Gasteiger charge is -2.16. The quantitative estimate of drug-likeness (QED) is 0.442. The molecule has 3 heteroatoms. The van der Waals surface area contributed by atoms with Crippen molar-refractivity contribution in [2.24, 2.45) is 11.1 Å². The van der Waals surface area contributed by atoms with Crippen LogP contribution < -0.4 is 0 Å². The first-order valence-corrected chi connectivity index (χ1v) is 6.61. The highest BCUT2D eigenvalue weighted by Crippen LogP contribution is 2.20. The van der Waals surface area contributed by atoms with Gasteiger partial charge in [-0.25, -0.2) is 0 Å². The molecule has 0 aliphatic heterocycles. The summed E-state index contributed by atoms with van der Waals surface area (Å²) in [5.41, 5.74) is 1.70. The Hall–Kier alpha value is -1.35. The summed E-state index contributed by atoms with van der Waals surface area (Å²) in [6, 6.07) is 9.74. The summed E-state index contributed by atoms with van der Waals surface area (Å²) < 4.78 is 0. The van der Waals surface area contributed by atoms with Gasteiger partial charge in [0.15, 0.2) is 0 Å². The molecule has 18 heavy (non-hydrogen) atoms. The van der Waals surface area contributed by atoms with Crippen LogP contribution in [-0.2, 0) is 0 Å². The van der Waals surface area contributed by atoms with Gasteiger partial charge in [0.1, 0.15) is 0 Å². The van der Waals surface area contributed by atoms with Crippen LogP contribution in [0.15, 0.2) is 35.5 Å². The Morgan fingerprint density at radius 1 is 1.22 bits per heavy atom. The molecule has 0 spiro atoms. The molecule has 0 aliphatic rings. The molecule has 3 nitrogen and oxygen atoms in total. The SMILES string of the molecule is CCC(CCC(C)O)CC(=NO)c1ccccc1. The summed E-state index contributed by atoms with van der Waals surface area (Å²) >= 11 is 0. The van der Waals surface area contributed by atoms with Gasteiger partial charge in [-0.2, -0.15) is 0 Å². The molecule has 0 heterocycles. The normalized spacial score (nSPS) is 15.4. The van der Waals surface area contributed by atoms with Gasteiger partial charge >= 0.3 is 0 Å². The standard InChI is InChI=1S/C15H23NO2/c1-3-13(10-9-12(2)17)11-15(16-18)14-7-5-4-6-8-14/h4-8,12-13,17-18H,3,9-11H2,1-2H3. The lowest BCUT2D eigenvalue weighted by molar-refractivity contribution is 0.173. The van der Waals surface area contributed by atoms with Crippen LogP contribution in [-0.4, -0.2) is 22.1 Å². The number of rotatable bonds is 7. The first kappa shape index (κ1) is 14.7. The van der Waals surface area contributed by atoms with Crippen molar-refractivity contribution >= 4 is 5.71 Å². The second-order valence-electron chi connectivity index (χ2n) is 4.82. The maximum atomic E-state index is 9.33. The van der Waals surface area contributed by atoms with E-state index in [1.54, 1.807) is 0 Å². The topological polar surface area (TPSA) is 52.8 Å². The van der Waals surface area contributed by atoms with E-state index in [4.69, 9.17) is 5.21 Å². The first-order valence-electron chi connectivity index (χ1n) is 6.61. The highest BCUT2D eigenvalue weighted by atomic mass is 16.4. The number of oxime groups is 1. The molecular weight excluding hydrogens is 226 g/mol. The van der Waals surface area contributed by atoms with Crippen LogP contribution in [0.1, 0.15) is 45.1 Å². The Morgan fingerprint density at radius 3 is 2.39 bits per heavy atom. The molecule has 0 radical (unpaired) electrons. The molecule has 2 atom stereocenters. The highest BCUT2D eigenvalue weighted by molar-refractivity contribution is 6.00. The average molecular weight is 249 g/mol. The van der Waals surface area contributed by atoms with Crippen LogP contribution in [0.3, 0.4) is 0 Å². The summed E-state index contributed by atoms with van der Waals surface area (Å²) in [5, 5.41) is 21.9. The predicted octanol–water partition coefficient (Wildman–Crippen LogP) is 3.44. The number of aliphatic hydroxyl groups is 1. The van der Waals surface area contributed by atoms with Crippen molar-refractivity contribution in [2.45, 2.75) is 45.6 Å². The van der Waals surface area contributed by atoms with E-state index in [2.05, 4.69) is 12.1 Å². The summed E-state index contributed by atoms with van der Waals surface area (Å²) in [5.74, 6) is 0.450. The minimum Gasteiger partial charge on any atom is -0.411 e. The van der Waals surface area contributed by atoms with Crippen molar-refractivity contribution in [1.82, 2.24) is 0 Å². The zero-order chi connectivity index (χ0) is 13.4. The van der Waals surface area contributed by atoms with E-state index in [-0.39, 0.29) is 6.10 Å². The molecular formula is C15H23NO2. The summed E-state index contributed by atoms with van der Waals surface area (Å²) in [6.07, 6.45) is 3.28. The predicted molar refractivity (Wildman–Crippen MR) is 74.1 cm³/mol. The van der Waals surface area contributed by atoms with Crippen LogP contribution >= 0.6 is 0 Å². The molecule has 0 bridgehead atoms. The van der Waals surface area contributed by atoms with Gasteiger partial charge in [0.05, 0.1) is 11.8 Å². The lowest BCUT2D eigenvalue weighted by Crippen LogP contribution is -2.12. The largest absolute Gasteiger partial charge is 0.411 e. The van der Waals surface area contributed by atoms with Crippen LogP contribution in [0.25, 0.3) is 0 Å². The van der Waals surface area contributed by atoms with Crippen molar-refractivity contribution in [3.8, 4) is 0 Å². The lowest BCUT2D eigenvalue weighted by atomic mass is 9.91. The Morgan fingerprint density at radius 2 is 1.89 bits per heavy atom. The molecule has 1 aromatic rings. The molecule has 0 aromatic heterocycles. The minimum atomic E-state index is -0.259. The van der Waals surface area contributed by atoms with Crippen molar-refractivity contribution in [2.75, 3.05) is 0 Å². The number of aliphatic hydroxyl groups excluding tert-OH is 1. The van der Waals surface area contributed by atoms with Crippen LogP contribution in [0.5, 0.6) is 0 Å². The van der Waals surface area contributed by atoms with Crippen molar-refractivity contribution in [3.05, 3.63) is 35.9 Å². The fourth-order valence-corrected chi connectivity index (χ4v) is 2.05. The molecule has 0 fully saturated rings. The van der Waals surface area contributed by atoms with E-state index < -0.39 is 0 Å². The van der Waals surface area contributed by atoms with Crippen LogP contribution in [0, 0.1) is 5.92 Å². The first-order chi connectivity index (χ1) is 8.67. The van der Waals surface area contributed by atoms with E-state index in [1.807, 2.05) is 37.3 Å². The maximum absolute atomic E-state index is 9.33. The molecule has 0 saturated carbocycles. The maximum Gasteiger partial charge on any atom is 0.0870 e. The molecule has 100 valence electrons. The summed E-state index contributed by atoms with van der Waals surface area (Å²) in [4.78, 5) is 0. The molecule has 0 amide bonds. The summed E-state index contributed by atoms with van der Waals surface area (Å²) in [6.45, 7) is 3.94. The summed E-state index contributed by atoms with van der Waals surface area (Å²) in [7, 11) is 0. The number of benzene rings is 1. The van der Waals surface area contributed by atoms with Gasteiger partial charge in [0.2, 0.25) is 0 Å². The van der Waals surface area contributed by atoms with Crippen molar-refractivity contribution < 1.29 is 10.3 Å². The van der Waals surface area contributed by atoms with Gasteiger partial charge < -0.3 is 10.3 Å². The second-order valence-corrected chi connectivity index (χ2v) is 4.82. The Kier molecular flexibility index (Phi) is 6.44. The number of hydrogen-bond donors (Lipinski definition) is 2. The molecule has 0 aliphatic carbocycles. The van der Waals surface area contributed by atoms with Gasteiger partial charge in [-0.1, -0.05) is 48.8 Å². The molecule has 2 unspecified atom stereocenters. The smallest absolute Gasteiger partial charge is 0.0870 e. The van der Waals surface area contributed by atoms with Gasteiger partial charge in [-0.15, -0.1) is 0 Å². The third kappa shape index (κ3) is 4.88. The van der Waals surface area contributed by atoms with E-state index >= 15 is 0 Å². The van der Waals surface area contributed by atoms with Gasteiger partial charge in [-0.3, -0.25) is 0 Å². The fourth-order valence-electron chi connectivity index (χ4n) is 2.05. The van der Waals surface area contributed by atoms with E-state index in [9.17, 15) is 5.11 Å². The van der Waals surface area contributed by atoms with Gasteiger partial charge in [0.25, 0.3) is 0 Å². The van der Waals surface area contributed by atoms with Crippen LogP contribution in [0.4, 0.5) is 0 Å². The van der Waals surface area contributed by atoms with Crippen molar-refractivity contribution in [1.29, 1.82) is 0 Å². The second kappa shape index (κ2) is 7.88. The van der Waals surface area contributed by atoms with E-state index in [0.717, 1.165) is 37.0 Å². The Bertz CT molecular complexity index is 360. The zero-order valence-corrected chi connectivity index (χ0v) is 11.2. The average Bonchev–Trinajstić information content (AvgIpc) is 2.40. The number of hydrogen-bond acceptors (Lipinski definition) is 3. The minimum absolute atomic E-state index is 0.259. The van der Waals surface area contributed by atoms with Gasteiger partial charge in [0, 0.05) is 0 Å². The third-order valence-electron chi connectivity index (χ3n) is 3.28. The molecule has 2 N–H and O–H groups in total. The fraction of sp³-hybridized carbons (Fsp3) is 0.533. The molecule has 1 rings (SSSR count). The van der Waals surface area contributed by atoms with Crippen LogP contribution in [0.2, 0.25) is 0 Å².